The van der Waals surface area contributed by atoms with Crippen LogP contribution < -0.4 is 15.3 Å². The molecule has 1 aliphatic rings. The van der Waals surface area contributed by atoms with Crippen molar-refractivity contribution in [1.82, 2.24) is 0 Å². The minimum absolute atomic E-state index is 0.0186. The summed E-state index contributed by atoms with van der Waals surface area (Å²) < 4.78 is 48.3. The van der Waals surface area contributed by atoms with Gasteiger partial charge in [0.2, 0.25) is 9.84 Å². The number of sulfone groups is 1. The molecule has 8 heteroatoms. The van der Waals surface area contributed by atoms with Crippen LogP contribution in [0.2, 0.25) is 0 Å². The molecular weight excluding hydrogens is 433 g/mol. The Kier molecular flexibility index (Phi) is 5.56. The van der Waals surface area contributed by atoms with Gasteiger partial charge in [-0.3, -0.25) is 9.79 Å². The summed E-state index contributed by atoms with van der Waals surface area (Å²) in [6, 6.07) is 14.9. The minimum atomic E-state index is -4.42. The molecule has 1 heterocycles. The average Bonchev–Trinajstić information content (AvgIpc) is 3.04. The SMILES string of the molecule is Cc1ccc(Oc2ccccc2S(=O)(=O)c2c(F)ccc3c2=C(CC(=O)O)C(C)N=3)cc1. The second-order valence-electron chi connectivity index (χ2n) is 7.54. The summed E-state index contributed by atoms with van der Waals surface area (Å²) in [5, 5.41) is 9.57. The highest BCUT2D eigenvalue weighted by Gasteiger charge is 2.31. The monoisotopic (exact) mass is 453 g/mol. The Bertz CT molecular complexity index is 1450. The zero-order valence-electron chi connectivity index (χ0n) is 17.4. The fourth-order valence-corrected chi connectivity index (χ4v) is 5.40. The first-order valence-corrected chi connectivity index (χ1v) is 11.4. The van der Waals surface area contributed by atoms with Gasteiger partial charge in [-0.05, 0) is 55.8 Å². The summed E-state index contributed by atoms with van der Waals surface area (Å²) in [7, 11) is -4.42. The molecule has 1 N–H and O–H groups in total. The maximum Gasteiger partial charge on any atom is 0.307 e. The summed E-state index contributed by atoms with van der Waals surface area (Å²) >= 11 is 0. The molecule has 0 saturated carbocycles. The van der Waals surface area contributed by atoms with Crippen molar-refractivity contribution >= 4 is 21.4 Å². The van der Waals surface area contributed by atoms with E-state index in [9.17, 15) is 18.3 Å². The number of carboxylic acids is 1. The third-order valence-electron chi connectivity index (χ3n) is 5.24. The molecule has 0 aromatic heterocycles. The summed E-state index contributed by atoms with van der Waals surface area (Å²) in [6.07, 6.45) is -0.439. The Balaban J connectivity index is 1.94. The van der Waals surface area contributed by atoms with Crippen LogP contribution in [0, 0.1) is 12.7 Å². The maximum atomic E-state index is 15.0. The van der Waals surface area contributed by atoms with Crippen LogP contribution in [0.25, 0.3) is 5.57 Å². The highest BCUT2D eigenvalue weighted by Crippen LogP contribution is 2.33. The van der Waals surface area contributed by atoms with Gasteiger partial charge < -0.3 is 9.84 Å². The number of hydrogen-bond donors (Lipinski definition) is 1. The molecule has 3 aromatic rings. The topological polar surface area (TPSA) is 93.0 Å². The van der Waals surface area contributed by atoms with E-state index in [-0.39, 0.29) is 26.8 Å². The number of aliphatic carboxylic acids is 1. The number of hydrogen-bond acceptors (Lipinski definition) is 5. The van der Waals surface area contributed by atoms with Crippen molar-refractivity contribution in [3.8, 4) is 11.5 Å². The second kappa shape index (κ2) is 8.20. The fourth-order valence-electron chi connectivity index (χ4n) is 3.72. The molecule has 0 bridgehead atoms. The molecule has 1 aliphatic heterocycles. The molecule has 0 fully saturated rings. The number of fused-ring (bicyclic) bond motifs is 1. The lowest BCUT2D eigenvalue weighted by atomic mass is 10.0. The molecule has 0 amide bonds. The predicted octanol–water partition coefficient (Wildman–Crippen LogP) is 3.41. The van der Waals surface area contributed by atoms with Crippen molar-refractivity contribution in [3.05, 3.63) is 82.6 Å². The van der Waals surface area contributed by atoms with Crippen LogP contribution in [0.15, 0.2) is 75.4 Å². The van der Waals surface area contributed by atoms with Crippen LogP contribution in [-0.4, -0.2) is 25.5 Å². The van der Waals surface area contributed by atoms with Gasteiger partial charge in [0.25, 0.3) is 0 Å². The van der Waals surface area contributed by atoms with E-state index in [0.717, 1.165) is 11.6 Å². The highest BCUT2D eigenvalue weighted by molar-refractivity contribution is 7.91. The second-order valence-corrected chi connectivity index (χ2v) is 9.39. The number of nitrogens with zero attached hydrogens (tertiary/aromatic N) is 1. The van der Waals surface area contributed by atoms with Crippen LogP contribution in [0.4, 0.5) is 4.39 Å². The van der Waals surface area contributed by atoms with Crippen molar-refractivity contribution < 1.29 is 27.4 Å². The number of benzene rings is 3. The van der Waals surface area contributed by atoms with Crippen molar-refractivity contribution in [1.29, 1.82) is 0 Å². The normalized spacial score (nSPS) is 15.2. The highest BCUT2D eigenvalue weighted by atomic mass is 32.2. The fraction of sp³-hybridized carbons (Fsp3) is 0.167. The number of carboxylic acid groups (broad SMARTS) is 1. The average molecular weight is 453 g/mol. The number of ether oxygens (including phenoxy) is 1. The Labute approximate surface area is 184 Å². The third kappa shape index (κ3) is 3.89. The van der Waals surface area contributed by atoms with Crippen LogP contribution >= 0.6 is 0 Å². The Hall–Kier alpha value is -3.52. The molecule has 164 valence electrons. The van der Waals surface area contributed by atoms with E-state index in [2.05, 4.69) is 4.99 Å². The number of carbonyl (C=O) groups is 1. The van der Waals surface area contributed by atoms with Gasteiger partial charge in [-0.15, -0.1) is 0 Å². The molecule has 32 heavy (non-hydrogen) atoms. The van der Waals surface area contributed by atoms with Gasteiger partial charge in [0.05, 0.1) is 17.8 Å². The molecule has 0 aliphatic carbocycles. The summed E-state index contributed by atoms with van der Waals surface area (Å²) in [5.74, 6) is -1.65. The first kappa shape index (κ1) is 21.7. The predicted molar refractivity (Wildman–Crippen MR) is 115 cm³/mol. The van der Waals surface area contributed by atoms with Crippen LogP contribution in [0.3, 0.4) is 0 Å². The standard InChI is InChI=1S/C24H20FNO5S/c1-14-7-9-16(10-8-14)31-20-5-3-4-6-21(20)32(29,30)24-18(25)11-12-19-23(24)17(13-22(27)28)15(2)26-19/h3-12,15H,13H2,1-2H3,(H,27,28). The summed E-state index contributed by atoms with van der Waals surface area (Å²) in [4.78, 5) is 14.9. The molecule has 3 aromatic carbocycles. The van der Waals surface area contributed by atoms with Crippen molar-refractivity contribution in [2.75, 3.05) is 0 Å². The van der Waals surface area contributed by atoms with Gasteiger partial charge in [-0.1, -0.05) is 29.8 Å². The van der Waals surface area contributed by atoms with Gasteiger partial charge in [0.1, 0.15) is 27.1 Å². The third-order valence-corrected chi connectivity index (χ3v) is 7.10. The van der Waals surface area contributed by atoms with E-state index >= 15 is 4.39 Å². The van der Waals surface area contributed by atoms with Crippen LogP contribution in [0.5, 0.6) is 11.5 Å². The molecule has 1 unspecified atom stereocenters. The maximum absolute atomic E-state index is 15.0. The number of rotatable bonds is 6. The summed E-state index contributed by atoms with van der Waals surface area (Å²) in [6.45, 7) is 3.57. The number of halogens is 1. The smallest absolute Gasteiger partial charge is 0.307 e. The van der Waals surface area contributed by atoms with Gasteiger partial charge in [-0.25, -0.2) is 12.8 Å². The van der Waals surface area contributed by atoms with Gasteiger partial charge in [0, 0.05) is 5.22 Å². The van der Waals surface area contributed by atoms with E-state index in [0.29, 0.717) is 5.75 Å². The van der Waals surface area contributed by atoms with E-state index in [1.165, 1.54) is 24.3 Å². The zero-order valence-corrected chi connectivity index (χ0v) is 18.2. The molecule has 4 rings (SSSR count). The minimum Gasteiger partial charge on any atom is -0.481 e. The Morgan fingerprint density at radius 1 is 1.09 bits per heavy atom. The van der Waals surface area contributed by atoms with E-state index in [4.69, 9.17) is 4.74 Å². The van der Waals surface area contributed by atoms with Gasteiger partial charge >= 0.3 is 5.97 Å². The van der Waals surface area contributed by atoms with Crippen molar-refractivity contribution in [2.24, 2.45) is 4.99 Å². The quantitative estimate of drug-likeness (QED) is 0.618. The summed E-state index contributed by atoms with van der Waals surface area (Å²) in [5.41, 5.74) is 1.27. The first-order chi connectivity index (χ1) is 15.2. The van der Waals surface area contributed by atoms with Crippen molar-refractivity contribution in [3.63, 3.8) is 0 Å². The molecule has 0 radical (unpaired) electrons. The molecule has 6 nitrogen and oxygen atoms in total. The lowest BCUT2D eigenvalue weighted by Crippen LogP contribution is -2.32. The number of para-hydroxylation sites is 1. The lowest BCUT2D eigenvalue weighted by molar-refractivity contribution is -0.135. The Morgan fingerprint density at radius 3 is 2.47 bits per heavy atom. The Morgan fingerprint density at radius 2 is 1.78 bits per heavy atom. The largest absolute Gasteiger partial charge is 0.481 e. The van der Waals surface area contributed by atoms with Gasteiger partial charge in [0.15, 0.2) is 0 Å². The zero-order chi connectivity index (χ0) is 23.0. The van der Waals surface area contributed by atoms with E-state index in [1.54, 1.807) is 25.1 Å². The van der Waals surface area contributed by atoms with E-state index in [1.807, 2.05) is 19.1 Å². The van der Waals surface area contributed by atoms with Crippen molar-refractivity contribution in [2.45, 2.75) is 36.1 Å². The molecule has 0 saturated heterocycles. The number of aryl methyl sites for hydroxylation is 1. The van der Waals surface area contributed by atoms with Crippen LogP contribution in [0.1, 0.15) is 18.9 Å². The van der Waals surface area contributed by atoms with Gasteiger partial charge in [-0.2, -0.15) is 0 Å². The molecular formula is C24H20FNO5S. The van der Waals surface area contributed by atoms with Crippen LogP contribution in [-0.2, 0) is 14.6 Å². The molecule has 1 atom stereocenters. The first-order valence-electron chi connectivity index (χ1n) is 9.88. The molecule has 0 spiro atoms. The lowest BCUT2D eigenvalue weighted by Gasteiger charge is -2.13. The van der Waals surface area contributed by atoms with E-state index < -0.39 is 39.0 Å².